The van der Waals surface area contributed by atoms with E-state index in [0.29, 0.717) is 22.3 Å². The van der Waals surface area contributed by atoms with Crippen LogP contribution in [0.15, 0.2) is 18.2 Å². The van der Waals surface area contributed by atoms with Crippen molar-refractivity contribution in [3.05, 3.63) is 23.8 Å². The summed E-state index contributed by atoms with van der Waals surface area (Å²) in [4.78, 5) is 20.4. The topological polar surface area (TPSA) is 92.9 Å². The van der Waals surface area contributed by atoms with Crippen LogP contribution in [0, 0.1) is 0 Å². The first-order valence-electron chi connectivity index (χ1n) is 6.69. The lowest BCUT2D eigenvalue weighted by molar-refractivity contribution is 0.0964. The number of nitrogens with two attached hydrogens (primary N) is 1. The normalized spacial score (nSPS) is 10.5. The minimum atomic E-state index is -0.164. The summed E-state index contributed by atoms with van der Waals surface area (Å²) in [6.45, 7) is 2.90. The van der Waals surface area contributed by atoms with Crippen LogP contribution < -0.4 is 16.4 Å². The van der Waals surface area contributed by atoms with Crippen molar-refractivity contribution in [1.82, 2.24) is 15.3 Å². The Morgan fingerprint density at radius 1 is 1.35 bits per heavy atom. The van der Waals surface area contributed by atoms with Gasteiger partial charge >= 0.3 is 0 Å². The molecule has 4 N–H and O–H groups in total. The molecule has 0 aliphatic heterocycles. The van der Waals surface area contributed by atoms with E-state index in [1.165, 1.54) is 0 Å². The second-order valence-corrected chi connectivity index (χ2v) is 4.49. The molecule has 20 heavy (non-hydrogen) atoms. The molecule has 0 saturated heterocycles. The number of anilines is 2. The number of nitrogens with zero attached hydrogens (tertiary/aromatic N) is 2. The number of benzene rings is 1. The van der Waals surface area contributed by atoms with Gasteiger partial charge < -0.3 is 16.4 Å². The maximum Gasteiger partial charge on any atom is 0.251 e. The number of fused-ring (bicyclic) bond motifs is 1. The van der Waals surface area contributed by atoms with Gasteiger partial charge in [0.2, 0.25) is 5.95 Å². The quantitative estimate of drug-likeness (QED) is 0.722. The Balaban J connectivity index is 2.55. The lowest BCUT2D eigenvalue weighted by atomic mass is 10.1. The number of rotatable bonds is 5. The van der Waals surface area contributed by atoms with Crippen LogP contribution >= 0.6 is 0 Å². The minimum Gasteiger partial charge on any atom is -0.369 e. The highest BCUT2D eigenvalue weighted by Crippen LogP contribution is 2.25. The van der Waals surface area contributed by atoms with Gasteiger partial charge in [0.25, 0.3) is 5.91 Å². The van der Waals surface area contributed by atoms with Crippen molar-refractivity contribution in [3.8, 4) is 0 Å². The van der Waals surface area contributed by atoms with E-state index in [-0.39, 0.29) is 11.9 Å². The van der Waals surface area contributed by atoms with E-state index in [9.17, 15) is 4.79 Å². The predicted octanol–water partition coefficient (Wildman–Crippen LogP) is 1.78. The van der Waals surface area contributed by atoms with Crippen molar-refractivity contribution >= 4 is 28.6 Å². The molecule has 0 spiro atoms. The number of unbranched alkanes of at least 4 members (excludes halogenated alkanes) is 1. The molecule has 106 valence electrons. The number of aromatic nitrogens is 2. The summed E-state index contributed by atoms with van der Waals surface area (Å²) in [5.74, 6) is 0.646. The Bertz CT molecular complexity index is 626. The van der Waals surface area contributed by atoms with E-state index in [4.69, 9.17) is 5.73 Å². The molecule has 0 aliphatic carbocycles. The first-order valence-corrected chi connectivity index (χ1v) is 6.69. The molecular weight excluding hydrogens is 254 g/mol. The highest BCUT2D eigenvalue weighted by atomic mass is 16.1. The molecule has 2 aromatic rings. The van der Waals surface area contributed by atoms with Crippen LogP contribution in [-0.4, -0.2) is 29.5 Å². The molecule has 2 rings (SSSR count). The van der Waals surface area contributed by atoms with Crippen molar-refractivity contribution in [2.75, 3.05) is 24.6 Å². The van der Waals surface area contributed by atoms with Crippen LogP contribution in [0.5, 0.6) is 0 Å². The van der Waals surface area contributed by atoms with Gasteiger partial charge in [-0.25, -0.2) is 4.98 Å². The van der Waals surface area contributed by atoms with Gasteiger partial charge in [0, 0.05) is 13.6 Å². The zero-order chi connectivity index (χ0) is 14.5. The highest BCUT2D eigenvalue weighted by molar-refractivity contribution is 6.10. The first-order chi connectivity index (χ1) is 9.67. The third-order valence-electron chi connectivity index (χ3n) is 3.04. The Morgan fingerprint density at radius 2 is 2.15 bits per heavy atom. The molecule has 6 heteroatoms. The van der Waals surface area contributed by atoms with Crippen molar-refractivity contribution in [1.29, 1.82) is 0 Å². The van der Waals surface area contributed by atoms with Crippen molar-refractivity contribution in [2.45, 2.75) is 19.8 Å². The van der Waals surface area contributed by atoms with E-state index in [2.05, 4.69) is 27.5 Å². The Morgan fingerprint density at radius 3 is 2.85 bits per heavy atom. The maximum absolute atomic E-state index is 12.0. The van der Waals surface area contributed by atoms with Crippen LogP contribution in [0.25, 0.3) is 10.9 Å². The number of nitrogens with one attached hydrogen (secondary N) is 2. The summed E-state index contributed by atoms with van der Waals surface area (Å²) in [6, 6.07) is 5.37. The molecule has 0 radical (unpaired) electrons. The molecular formula is C14H19N5O. The summed E-state index contributed by atoms with van der Waals surface area (Å²) >= 11 is 0. The summed E-state index contributed by atoms with van der Waals surface area (Å²) in [7, 11) is 1.60. The highest BCUT2D eigenvalue weighted by Gasteiger charge is 2.14. The molecule has 1 amide bonds. The Labute approximate surface area is 117 Å². The second kappa shape index (κ2) is 6.18. The van der Waals surface area contributed by atoms with E-state index >= 15 is 0 Å². The van der Waals surface area contributed by atoms with Gasteiger partial charge in [-0.05, 0) is 18.6 Å². The molecule has 0 unspecified atom stereocenters. The summed E-state index contributed by atoms with van der Waals surface area (Å²) in [6.07, 6.45) is 2.10. The van der Waals surface area contributed by atoms with Crippen LogP contribution in [0.1, 0.15) is 30.1 Å². The van der Waals surface area contributed by atoms with E-state index in [1.54, 1.807) is 19.2 Å². The number of hydrogen-bond acceptors (Lipinski definition) is 5. The van der Waals surface area contributed by atoms with Gasteiger partial charge in [-0.15, -0.1) is 0 Å². The fraction of sp³-hybridized carbons (Fsp3) is 0.357. The fourth-order valence-electron chi connectivity index (χ4n) is 2.04. The number of nitrogen functional groups attached to an aromatic ring is 1. The maximum atomic E-state index is 12.0. The van der Waals surface area contributed by atoms with Crippen molar-refractivity contribution in [3.63, 3.8) is 0 Å². The fourth-order valence-corrected chi connectivity index (χ4v) is 2.04. The number of carbonyl (C=O) groups is 1. The third-order valence-corrected chi connectivity index (χ3v) is 3.04. The van der Waals surface area contributed by atoms with E-state index in [0.717, 1.165) is 19.4 Å². The van der Waals surface area contributed by atoms with Crippen molar-refractivity contribution in [2.24, 2.45) is 0 Å². The molecule has 1 aromatic heterocycles. The van der Waals surface area contributed by atoms with Crippen LogP contribution in [0.3, 0.4) is 0 Å². The van der Waals surface area contributed by atoms with Crippen LogP contribution in [0.4, 0.5) is 11.8 Å². The van der Waals surface area contributed by atoms with Gasteiger partial charge in [0.15, 0.2) is 0 Å². The lowest BCUT2D eigenvalue weighted by Gasteiger charge is -2.12. The van der Waals surface area contributed by atoms with Gasteiger partial charge in [0.05, 0.1) is 16.5 Å². The standard InChI is InChI=1S/C14H19N5O/c1-3-4-8-17-12-11-9(13(20)16-2)6-5-7-10(11)18-14(15)19-12/h5-7H,3-4,8H2,1-2H3,(H,16,20)(H3,15,17,18,19). The van der Waals surface area contributed by atoms with Gasteiger partial charge in [-0.1, -0.05) is 19.4 Å². The van der Waals surface area contributed by atoms with Crippen LogP contribution in [-0.2, 0) is 0 Å². The van der Waals surface area contributed by atoms with Gasteiger partial charge in [-0.3, -0.25) is 4.79 Å². The van der Waals surface area contributed by atoms with Crippen LogP contribution in [0.2, 0.25) is 0 Å². The molecule has 1 heterocycles. The molecule has 6 nitrogen and oxygen atoms in total. The Hall–Kier alpha value is -2.37. The molecule has 0 saturated carbocycles. The molecule has 0 bridgehead atoms. The average molecular weight is 273 g/mol. The monoisotopic (exact) mass is 273 g/mol. The Kier molecular flexibility index (Phi) is 4.34. The SMILES string of the molecule is CCCCNc1nc(N)nc2cccc(C(=O)NC)c12. The summed E-state index contributed by atoms with van der Waals surface area (Å²) in [5.41, 5.74) is 6.93. The molecule has 1 aromatic carbocycles. The van der Waals surface area contributed by atoms with Gasteiger partial charge in [-0.2, -0.15) is 4.98 Å². The summed E-state index contributed by atoms with van der Waals surface area (Å²) < 4.78 is 0. The average Bonchev–Trinajstić information content (AvgIpc) is 2.45. The third kappa shape index (κ3) is 2.79. The minimum absolute atomic E-state index is 0.164. The number of hydrogen-bond donors (Lipinski definition) is 3. The number of carbonyl (C=O) groups excluding carboxylic acids is 1. The van der Waals surface area contributed by atoms with Crippen molar-refractivity contribution < 1.29 is 4.79 Å². The molecule has 0 atom stereocenters. The van der Waals surface area contributed by atoms with Gasteiger partial charge in [0.1, 0.15) is 5.82 Å². The second-order valence-electron chi connectivity index (χ2n) is 4.49. The molecule has 0 fully saturated rings. The number of amides is 1. The zero-order valence-corrected chi connectivity index (χ0v) is 11.7. The summed E-state index contributed by atoms with van der Waals surface area (Å²) in [5, 5.41) is 6.57. The molecule has 0 aliphatic rings. The predicted molar refractivity (Wildman–Crippen MR) is 80.7 cm³/mol. The largest absolute Gasteiger partial charge is 0.369 e. The first kappa shape index (κ1) is 14.0. The lowest BCUT2D eigenvalue weighted by Crippen LogP contribution is -2.19. The smallest absolute Gasteiger partial charge is 0.251 e. The van der Waals surface area contributed by atoms with E-state index < -0.39 is 0 Å². The van der Waals surface area contributed by atoms with E-state index in [1.807, 2.05) is 6.07 Å². The zero-order valence-electron chi connectivity index (χ0n) is 11.7.